The van der Waals surface area contributed by atoms with Gasteiger partial charge in [0, 0.05) is 11.8 Å². The van der Waals surface area contributed by atoms with E-state index in [1.54, 1.807) is 12.1 Å². The van der Waals surface area contributed by atoms with Crippen molar-refractivity contribution in [3.8, 4) is 11.7 Å². The van der Waals surface area contributed by atoms with Crippen molar-refractivity contribution in [2.45, 2.75) is 11.0 Å². The van der Waals surface area contributed by atoms with Gasteiger partial charge in [0.25, 0.3) is 16.9 Å². The zero-order valence-electron chi connectivity index (χ0n) is 6.68. The van der Waals surface area contributed by atoms with Crippen LogP contribution in [0.1, 0.15) is 0 Å². The Hall–Kier alpha value is -1.37. The molecule has 2 aromatic heterocycles. The third-order valence-corrected chi connectivity index (χ3v) is 1.87. The van der Waals surface area contributed by atoms with Gasteiger partial charge in [-0.1, -0.05) is 0 Å². The molecule has 0 atom stereocenters. The van der Waals surface area contributed by atoms with Gasteiger partial charge < -0.3 is 8.83 Å². The third kappa shape index (κ3) is 1.92. The highest BCUT2D eigenvalue weighted by Crippen LogP contribution is 2.27. The first-order chi connectivity index (χ1) is 6.75. The number of alkyl halides is 2. The molecule has 0 aromatic carbocycles. The molecule has 0 aliphatic carbocycles. The highest BCUT2D eigenvalue weighted by atomic mass is 32.2. The van der Waals surface area contributed by atoms with Crippen LogP contribution < -0.4 is 0 Å². The summed E-state index contributed by atoms with van der Waals surface area (Å²) in [5.74, 6) is -2.11. The van der Waals surface area contributed by atoms with Crippen molar-refractivity contribution in [2.75, 3.05) is 0 Å². The van der Waals surface area contributed by atoms with E-state index in [9.17, 15) is 8.78 Å². The van der Waals surface area contributed by atoms with Crippen LogP contribution in [-0.2, 0) is 0 Å². The molecule has 0 aliphatic rings. The minimum Gasteiger partial charge on any atom is -0.459 e. The van der Waals surface area contributed by atoms with E-state index < -0.39 is 5.76 Å². The van der Waals surface area contributed by atoms with Gasteiger partial charge >= 0.3 is 0 Å². The summed E-state index contributed by atoms with van der Waals surface area (Å²) in [6.07, 6.45) is 1.43. The minimum atomic E-state index is -2.57. The fourth-order valence-electron chi connectivity index (χ4n) is 0.833. The molecular formula is C7H4F2N2O2S. The van der Waals surface area contributed by atoms with Gasteiger partial charge in [-0.2, -0.15) is 8.78 Å². The fourth-order valence-corrected chi connectivity index (χ4v) is 1.20. The smallest absolute Gasteiger partial charge is 0.293 e. The van der Waals surface area contributed by atoms with Crippen LogP contribution in [-0.4, -0.2) is 16.0 Å². The molecule has 0 saturated carbocycles. The van der Waals surface area contributed by atoms with Gasteiger partial charge in [0.2, 0.25) is 0 Å². The number of hydrogen-bond acceptors (Lipinski definition) is 5. The maximum Gasteiger partial charge on any atom is 0.293 e. The predicted octanol–water partition coefficient (Wildman–Crippen LogP) is 2.64. The van der Waals surface area contributed by atoms with Gasteiger partial charge in [0.15, 0.2) is 5.76 Å². The van der Waals surface area contributed by atoms with Crippen LogP contribution in [0.4, 0.5) is 8.78 Å². The van der Waals surface area contributed by atoms with E-state index in [0.717, 1.165) is 0 Å². The number of aromatic nitrogens is 2. The Labute approximate surface area is 81.3 Å². The SMILES string of the molecule is FC(F)Sc1nnc(-c2ccco2)o1. The summed E-state index contributed by atoms with van der Waals surface area (Å²) in [4.78, 5) is 0. The van der Waals surface area contributed by atoms with Gasteiger partial charge in [-0.3, -0.25) is 0 Å². The van der Waals surface area contributed by atoms with Crippen LogP contribution in [0, 0.1) is 0 Å². The number of furan rings is 1. The zero-order chi connectivity index (χ0) is 9.97. The quantitative estimate of drug-likeness (QED) is 0.741. The first-order valence-corrected chi connectivity index (χ1v) is 4.46. The van der Waals surface area contributed by atoms with Gasteiger partial charge in [0.1, 0.15) is 0 Å². The number of halogens is 2. The van der Waals surface area contributed by atoms with E-state index in [0.29, 0.717) is 5.76 Å². The van der Waals surface area contributed by atoms with Crippen molar-refractivity contribution in [3.63, 3.8) is 0 Å². The topological polar surface area (TPSA) is 52.1 Å². The zero-order valence-corrected chi connectivity index (χ0v) is 7.50. The first-order valence-electron chi connectivity index (χ1n) is 3.58. The number of rotatable bonds is 3. The molecule has 7 heteroatoms. The monoisotopic (exact) mass is 218 g/mol. The second kappa shape index (κ2) is 3.79. The van der Waals surface area contributed by atoms with E-state index in [1.807, 2.05) is 0 Å². The molecule has 0 fully saturated rings. The van der Waals surface area contributed by atoms with E-state index in [4.69, 9.17) is 8.83 Å². The van der Waals surface area contributed by atoms with Gasteiger partial charge in [-0.15, -0.1) is 10.2 Å². The molecule has 4 nitrogen and oxygen atoms in total. The summed E-state index contributed by atoms with van der Waals surface area (Å²) in [5.41, 5.74) is 0. The van der Waals surface area contributed by atoms with E-state index >= 15 is 0 Å². The number of hydrogen-bond donors (Lipinski definition) is 0. The molecular weight excluding hydrogens is 214 g/mol. The van der Waals surface area contributed by atoms with Crippen molar-refractivity contribution in [3.05, 3.63) is 18.4 Å². The third-order valence-electron chi connectivity index (χ3n) is 1.33. The average Bonchev–Trinajstić information content (AvgIpc) is 2.69. The van der Waals surface area contributed by atoms with Crippen LogP contribution in [0.25, 0.3) is 11.7 Å². The normalized spacial score (nSPS) is 11.1. The Morgan fingerprint density at radius 1 is 1.36 bits per heavy atom. The first kappa shape index (κ1) is 9.20. The van der Waals surface area contributed by atoms with Gasteiger partial charge in [-0.05, 0) is 12.1 Å². The lowest BCUT2D eigenvalue weighted by Crippen LogP contribution is -1.80. The molecule has 0 saturated heterocycles. The van der Waals surface area contributed by atoms with Crippen LogP contribution >= 0.6 is 11.8 Å². The molecule has 0 aliphatic heterocycles. The van der Waals surface area contributed by atoms with Crippen LogP contribution in [0.3, 0.4) is 0 Å². The molecule has 0 bridgehead atoms. The summed E-state index contributed by atoms with van der Waals surface area (Å²) >= 11 is 0.201. The lowest BCUT2D eigenvalue weighted by atomic mass is 10.5. The summed E-state index contributed by atoms with van der Waals surface area (Å²) in [6, 6.07) is 3.24. The molecule has 74 valence electrons. The Morgan fingerprint density at radius 3 is 2.86 bits per heavy atom. The van der Waals surface area contributed by atoms with Crippen LogP contribution in [0.5, 0.6) is 0 Å². The van der Waals surface area contributed by atoms with Crippen molar-refractivity contribution in [1.29, 1.82) is 0 Å². The molecule has 2 aromatic rings. The largest absolute Gasteiger partial charge is 0.459 e. The van der Waals surface area contributed by atoms with Crippen LogP contribution in [0.2, 0.25) is 0 Å². The number of thioether (sulfide) groups is 1. The van der Waals surface area contributed by atoms with Gasteiger partial charge in [0.05, 0.1) is 6.26 Å². The maximum absolute atomic E-state index is 11.9. The molecule has 0 radical (unpaired) electrons. The Morgan fingerprint density at radius 2 is 2.21 bits per heavy atom. The molecule has 0 amide bonds. The summed E-state index contributed by atoms with van der Waals surface area (Å²) in [5, 5.41) is 6.79. The lowest BCUT2D eigenvalue weighted by molar-refractivity contribution is 0.249. The van der Waals surface area contributed by atoms with E-state index in [1.165, 1.54) is 6.26 Å². The van der Waals surface area contributed by atoms with Gasteiger partial charge in [-0.25, -0.2) is 0 Å². The lowest BCUT2D eigenvalue weighted by Gasteiger charge is -1.89. The average molecular weight is 218 g/mol. The van der Waals surface area contributed by atoms with E-state index in [2.05, 4.69) is 10.2 Å². The Kier molecular flexibility index (Phi) is 2.49. The standard InChI is InChI=1S/C7H4F2N2O2S/c8-6(9)14-7-11-10-5(13-7)4-2-1-3-12-4/h1-3,6H. The molecule has 0 N–H and O–H groups in total. The Bertz CT molecular complexity index is 401. The molecule has 14 heavy (non-hydrogen) atoms. The van der Waals surface area contributed by atoms with Crippen LogP contribution in [0.15, 0.2) is 32.5 Å². The summed E-state index contributed by atoms with van der Waals surface area (Å²) in [7, 11) is 0. The van der Waals surface area contributed by atoms with Crippen molar-refractivity contribution < 1.29 is 17.6 Å². The molecule has 0 unspecified atom stereocenters. The second-order valence-electron chi connectivity index (χ2n) is 2.23. The summed E-state index contributed by atoms with van der Waals surface area (Å²) < 4.78 is 33.6. The van der Waals surface area contributed by atoms with Crippen molar-refractivity contribution >= 4 is 11.8 Å². The maximum atomic E-state index is 11.9. The molecule has 2 rings (SSSR count). The fraction of sp³-hybridized carbons (Fsp3) is 0.143. The predicted molar refractivity (Wildman–Crippen MR) is 43.9 cm³/mol. The van der Waals surface area contributed by atoms with E-state index in [-0.39, 0.29) is 22.9 Å². The second-order valence-corrected chi connectivity index (χ2v) is 3.17. The highest BCUT2D eigenvalue weighted by Gasteiger charge is 2.14. The molecule has 2 heterocycles. The van der Waals surface area contributed by atoms with Crippen molar-refractivity contribution in [2.24, 2.45) is 0 Å². The highest BCUT2D eigenvalue weighted by molar-refractivity contribution is 7.99. The molecule has 0 spiro atoms. The number of nitrogens with zero attached hydrogens (tertiary/aromatic N) is 2. The minimum absolute atomic E-state index is 0.0955. The van der Waals surface area contributed by atoms with Crippen molar-refractivity contribution in [1.82, 2.24) is 10.2 Å². The summed E-state index contributed by atoms with van der Waals surface area (Å²) in [6.45, 7) is 0. The Balaban J connectivity index is 2.18.